The Balaban J connectivity index is 1.75. The predicted molar refractivity (Wildman–Crippen MR) is 138 cm³/mol. The predicted octanol–water partition coefficient (Wildman–Crippen LogP) is 3.31. The number of esters is 1. The molecule has 0 saturated heterocycles. The van der Waals surface area contributed by atoms with E-state index in [1.165, 1.54) is 7.05 Å². The molecule has 3 rings (SSSR count). The molecule has 3 aromatic rings. The number of halogens is 1. The highest BCUT2D eigenvalue weighted by molar-refractivity contribution is 6.32. The Morgan fingerprint density at radius 2 is 1.72 bits per heavy atom. The smallest absolute Gasteiger partial charge is 0.338 e. The fraction of sp³-hybridized carbons (Fsp3) is 0.259. The lowest BCUT2D eigenvalue weighted by atomic mass is 10.1. The molecule has 0 unspecified atom stereocenters. The zero-order valence-corrected chi connectivity index (χ0v) is 21.0. The van der Waals surface area contributed by atoms with Crippen LogP contribution in [0, 0.1) is 18.8 Å². The molecular weight excluding hydrogens is 482 g/mol. The number of aryl methyl sites for hydroxylation is 2. The van der Waals surface area contributed by atoms with Gasteiger partial charge >= 0.3 is 11.7 Å². The summed E-state index contributed by atoms with van der Waals surface area (Å²) in [6, 6.07) is 14.3. The number of rotatable bonds is 7. The molecule has 36 heavy (non-hydrogen) atoms. The molecule has 0 aliphatic carbocycles. The van der Waals surface area contributed by atoms with Crippen LogP contribution in [0.4, 0.5) is 5.69 Å². The lowest BCUT2D eigenvalue weighted by molar-refractivity contribution is -0.116. The Kier molecular flexibility index (Phi) is 8.87. The summed E-state index contributed by atoms with van der Waals surface area (Å²) >= 11 is 6.35. The zero-order chi connectivity index (χ0) is 26.2. The number of aromatic nitrogens is 2. The van der Waals surface area contributed by atoms with Gasteiger partial charge in [-0.1, -0.05) is 53.3 Å². The minimum atomic E-state index is -0.701. The average molecular weight is 508 g/mol. The van der Waals surface area contributed by atoms with Gasteiger partial charge < -0.3 is 10.1 Å². The van der Waals surface area contributed by atoms with Crippen LogP contribution >= 0.6 is 11.6 Å². The van der Waals surface area contributed by atoms with Crippen LogP contribution < -0.4 is 16.6 Å². The number of carbonyl (C=O) groups is 2. The molecule has 0 spiro atoms. The molecule has 1 amide bonds. The average Bonchev–Trinajstić information content (AvgIpc) is 2.87. The molecule has 0 aliphatic rings. The number of nitrogens with zero attached hydrogens (tertiary/aromatic N) is 2. The van der Waals surface area contributed by atoms with Gasteiger partial charge in [0.1, 0.15) is 10.8 Å². The largest absolute Gasteiger partial charge is 0.462 e. The zero-order valence-electron chi connectivity index (χ0n) is 20.3. The van der Waals surface area contributed by atoms with E-state index in [1.807, 2.05) is 31.2 Å². The molecule has 0 atom stereocenters. The molecule has 0 saturated carbocycles. The monoisotopic (exact) mass is 507 g/mol. The summed E-state index contributed by atoms with van der Waals surface area (Å²) < 4.78 is 6.93. The Morgan fingerprint density at radius 3 is 2.36 bits per heavy atom. The maximum atomic E-state index is 12.6. The molecule has 186 valence electrons. The van der Waals surface area contributed by atoms with Gasteiger partial charge in [-0.3, -0.25) is 18.7 Å². The number of nitrogens with one attached hydrogen (secondary N) is 1. The third-order valence-electron chi connectivity index (χ3n) is 5.37. The molecule has 0 aliphatic heterocycles. The summed E-state index contributed by atoms with van der Waals surface area (Å²) in [4.78, 5) is 49.5. The first-order valence-electron chi connectivity index (χ1n) is 11.3. The second-order valence-corrected chi connectivity index (χ2v) is 8.39. The van der Waals surface area contributed by atoms with Gasteiger partial charge in [0.15, 0.2) is 0 Å². The second kappa shape index (κ2) is 12.0. The highest BCUT2D eigenvalue weighted by Gasteiger charge is 2.18. The summed E-state index contributed by atoms with van der Waals surface area (Å²) in [7, 11) is 1.31. The van der Waals surface area contributed by atoms with E-state index in [4.69, 9.17) is 16.3 Å². The highest BCUT2D eigenvalue weighted by Crippen LogP contribution is 2.16. The molecule has 1 heterocycles. The molecule has 9 heteroatoms. The molecule has 0 radical (unpaired) electrons. The Labute approximate surface area is 213 Å². The summed E-state index contributed by atoms with van der Waals surface area (Å²) in [6.07, 6.45) is 0.632. The van der Waals surface area contributed by atoms with Crippen LogP contribution in [0.1, 0.15) is 40.4 Å². The van der Waals surface area contributed by atoms with Crippen molar-refractivity contribution in [3.05, 3.63) is 96.8 Å². The summed E-state index contributed by atoms with van der Waals surface area (Å²) in [6.45, 7) is 3.88. The van der Waals surface area contributed by atoms with Crippen molar-refractivity contribution in [2.75, 3.05) is 11.9 Å². The summed E-state index contributed by atoms with van der Waals surface area (Å²) in [5, 5.41) is 2.35. The first-order valence-corrected chi connectivity index (χ1v) is 11.7. The van der Waals surface area contributed by atoms with Crippen LogP contribution in [0.25, 0.3) is 0 Å². The van der Waals surface area contributed by atoms with Gasteiger partial charge in [-0.25, -0.2) is 9.59 Å². The second-order valence-electron chi connectivity index (χ2n) is 8.03. The van der Waals surface area contributed by atoms with Crippen molar-refractivity contribution >= 4 is 29.2 Å². The minimum absolute atomic E-state index is 0.113. The number of ether oxygens (including phenoxy) is 1. The molecule has 1 N–H and O–H groups in total. The van der Waals surface area contributed by atoms with E-state index < -0.39 is 23.1 Å². The Hall–Kier alpha value is -4.09. The van der Waals surface area contributed by atoms with Crippen LogP contribution in [0.5, 0.6) is 0 Å². The fourth-order valence-electron chi connectivity index (χ4n) is 3.32. The third-order valence-corrected chi connectivity index (χ3v) is 5.76. The Bertz CT molecular complexity index is 1440. The van der Waals surface area contributed by atoms with E-state index in [9.17, 15) is 19.2 Å². The number of hydrogen-bond acceptors (Lipinski definition) is 5. The van der Waals surface area contributed by atoms with Gasteiger partial charge in [0.2, 0.25) is 5.91 Å². The van der Waals surface area contributed by atoms with Crippen molar-refractivity contribution in [2.45, 2.75) is 33.2 Å². The molecule has 0 bridgehead atoms. The summed E-state index contributed by atoms with van der Waals surface area (Å²) in [5.74, 6) is 4.91. The van der Waals surface area contributed by atoms with Gasteiger partial charge in [-0.2, -0.15) is 0 Å². The van der Waals surface area contributed by atoms with Crippen LogP contribution in [-0.2, 0) is 29.5 Å². The van der Waals surface area contributed by atoms with Crippen molar-refractivity contribution in [1.82, 2.24) is 9.13 Å². The van der Waals surface area contributed by atoms with Gasteiger partial charge in [0.05, 0.1) is 18.7 Å². The molecule has 8 nitrogen and oxygen atoms in total. The molecule has 2 aromatic carbocycles. The van der Waals surface area contributed by atoms with Gasteiger partial charge in [0, 0.05) is 19.0 Å². The van der Waals surface area contributed by atoms with E-state index in [1.54, 1.807) is 31.2 Å². The topological polar surface area (TPSA) is 99.4 Å². The molecule has 0 fully saturated rings. The minimum Gasteiger partial charge on any atom is -0.462 e. The van der Waals surface area contributed by atoms with Crippen molar-refractivity contribution < 1.29 is 14.3 Å². The fourth-order valence-corrected chi connectivity index (χ4v) is 3.58. The van der Waals surface area contributed by atoms with Crippen LogP contribution in [0.2, 0.25) is 5.15 Å². The lowest BCUT2D eigenvalue weighted by Gasteiger charge is -2.13. The van der Waals surface area contributed by atoms with Crippen LogP contribution in [0.3, 0.4) is 0 Å². The van der Waals surface area contributed by atoms with E-state index in [2.05, 4.69) is 17.2 Å². The first-order chi connectivity index (χ1) is 17.2. The maximum absolute atomic E-state index is 12.6. The number of benzene rings is 2. The maximum Gasteiger partial charge on any atom is 0.338 e. The number of carbonyl (C=O) groups excluding carboxylic acids is 2. The lowest BCUT2D eigenvalue weighted by Crippen LogP contribution is -2.40. The van der Waals surface area contributed by atoms with Gasteiger partial charge in [-0.15, -0.1) is 0 Å². The molecular formula is C27H26ClN3O5. The number of amides is 1. The van der Waals surface area contributed by atoms with Gasteiger partial charge in [0.25, 0.3) is 5.56 Å². The van der Waals surface area contributed by atoms with E-state index in [0.717, 1.165) is 20.3 Å². The van der Waals surface area contributed by atoms with Crippen LogP contribution in [-0.4, -0.2) is 27.6 Å². The van der Waals surface area contributed by atoms with Crippen molar-refractivity contribution in [2.24, 2.45) is 7.05 Å². The van der Waals surface area contributed by atoms with E-state index in [0.29, 0.717) is 17.5 Å². The standard InChI is InChI=1S/C27H26ClN3O5/c1-4-36-26(34)21-14-11-19(12-15-21)6-5-17-31-24(28)23(25(33)30(3)27(31)35)29-22(32)16-13-20-9-7-18(2)8-10-20/h7-12,14-15H,4,13,16-17H2,1-3H3,(H,29,32). The third kappa shape index (κ3) is 6.52. The van der Waals surface area contributed by atoms with Crippen molar-refractivity contribution in [3.63, 3.8) is 0 Å². The number of hydrogen-bond donors (Lipinski definition) is 1. The van der Waals surface area contributed by atoms with Crippen LogP contribution in [0.15, 0.2) is 58.1 Å². The SMILES string of the molecule is CCOC(=O)c1ccc(C#CCn2c(Cl)c(NC(=O)CCc3ccc(C)cc3)c(=O)n(C)c2=O)cc1. The number of anilines is 1. The first kappa shape index (κ1) is 26.5. The quantitative estimate of drug-likeness (QED) is 0.300. The van der Waals surface area contributed by atoms with E-state index in [-0.39, 0.29) is 30.4 Å². The highest BCUT2D eigenvalue weighted by atomic mass is 35.5. The molecule has 1 aromatic heterocycles. The normalized spacial score (nSPS) is 10.3. The van der Waals surface area contributed by atoms with E-state index >= 15 is 0 Å². The van der Waals surface area contributed by atoms with Crippen molar-refractivity contribution in [3.8, 4) is 11.8 Å². The van der Waals surface area contributed by atoms with Gasteiger partial charge in [-0.05, 0) is 50.1 Å². The summed E-state index contributed by atoms with van der Waals surface area (Å²) in [5.41, 5.74) is 1.60. The Morgan fingerprint density at radius 1 is 1.06 bits per heavy atom. The van der Waals surface area contributed by atoms with Crippen molar-refractivity contribution in [1.29, 1.82) is 0 Å².